The summed E-state index contributed by atoms with van der Waals surface area (Å²) in [5.74, 6) is 0.138. The highest BCUT2D eigenvalue weighted by molar-refractivity contribution is 5.81. The topological polar surface area (TPSA) is 41.6 Å². The smallest absolute Gasteiger partial charge is 0.241 e. The second-order valence-electron chi connectivity index (χ2n) is 4.44. The molecule has 1 aromatic rings. The van der Waals surface area contributed by atoms with Crippen LogP contribution in [0.5, 0.6) is 5.75 Å². The fourth-order valence-electron chi connectivity index (χ4n) is 1.73. The van der Waals surface area contributed by atoms with Crippen LogP contribution in [0.3, 0.4) is 0 Å². The minimum Gasteiger partial charge on any atom is -0.497 e. The van der Waals surface area contributed by atoms with Gasteiger partial charge in [0.1, 0.15) is 11.6 Å². The summed E-state index contributed by atoms with van der Waals surface area (Å²) in [5.41, 5.74) is 0.284. The molecule has 1 aromatic carbocycles. The van der Waals surface area contributed by atoms with E-state index < -0.39 is 5.82 Å². The minimum absolute atomic E-state index is 0.0280. The predicted octanol–water partition coefficient (Wildman–Crippen LogP) is 1.87. The maximum atomic E-state index is 13.5. The highest BCUT2D eigenvalue weighted by atomic mass is 19.1. The maximum Gasteiger partial charge on any atom is 0.241 e. The van der Waals surface area contributed by atoms with E-state index in [1.165, 1.54) is 13.2 Å². The summed E-state index contributed by atoms with van der Waals surface area (Å²) in [6, 6.07) is 4.77. The molecule has 2 rings (SSSR count). The number of carbonyl (C=O) groups excluding carboxylic acids is 1. The van der Waals surface area contributed by atoms with Crippen LogP contribution in [0, 0.1) is 5.82 Å². The second kappa shape index (κ2) is 5.25. The average Bonchev–Trinajstić information content (AvgIpc) is 3.20. The molecule has 1 fully saturated rings. The first kappa shape index (κ1) is 12.7. The molecular formula is C13H17FN2O2. The molecule has 4 nitrogen and oxygen atoms in total. The van der Waals surface area contributed by atoms with Crippen molar-refractivity contribution in [1.82, 2.24) is 4.90 Å². The van der Waals surface area contributed by atoms with Gasteiger partial charge in [-0.25, -0.2) is 4.39 Å². The van der Waals surface area contributed by atoms with Gasteiger partial charge in [-0.3, -0.25) is 4.79 Å². The van der Waals surface area contributed by atoms with Gasteiger partial charge in [-0.2, -0.15) is 0 Å². The number of anilines is 1. The Hall–Kier alpha value is -1.78. The van der Waals surface area contributed by atoms with Crippen LogP contribution >= 0.6 is 0 Å². The maximum absolute atomic E-state index is 13.5. The summed E-state index contributed by atoms with van der Waals surface area (Å²) in [4.78, 5) is 13.5. The summed E-state index contributed by atoms with van der Waals surface area (Å²) in [6.45, 7) is 0.0943. The zero-order valence-corrected chi connectivity index (χ0v) is 10.6. The van der Waals surface area contributed by atoms with E-state index in [-0.39, 0.29) is 18.1 Å². The lowest BCUT2D eigenvalue weighted by molar-refractivity contribution is -0.128. The van der Waals surface area contributed by atoms with Crippen LogP contribution in [0.1, 0.15) is 12.8 Å². The van der Waals surface area contributed by atoms with Crippen LogP contribution in [0.25, 0.3) is 0 Å². The Kier molecular flexibility index (Phi) is 3.69. The molecule has 1 amide bonds. The van der Waals surface area contributed by atoms with Gasteiger partial charge in [-0.15, -0.1) is 0 Å². The Labute approximate surface area is 106 Å². The van der Waals surface area contributed by atoms with Gasteiger partial charge in [-0.1, -0.05) is 0 Å². The van der Waals surface area contributed by atoms with Crippen LogP contribution in [0.2, 0.25) is 0 Å². The number of benzene rings is 1. The van der Waals surface area contributed by atoms with Crippen molar-refractivity contribution in [2.24, 2.45) is 0 Å². The number of ether oxygens (including phenoxy) is 1. The number of nitrogens with one attached hydrogen (secondary N) is 1. The molecule has 1 saturated carbocycles. The van der Waals surface area contributed by atoms with Crippen molar-refractivity contribution in [3.05, 3.63) is 24.0 Å². The second-order valence-corrected chi connectivity index (χ2v) is 4.44. The standard InChI is InChI=1S/C13H17FN2O2/c1-16(9-3-4-9)13(17)8-15-12-7-10(18-2)5-6-11(12)14/h5-7,9,15H,3-4,8H2,1-2H3. The number of amides is 1. The van der Waals surface area contributed by atoms with Crippen molar-refractivity contribution in [1.29, 1.82) is 0 Å². The molecule has 0 aliphatic heterocycles. The fraction of sp³-hybridized carbons (Fsp3) is 0.462. The molecule has 0 aromatic heterocycles. The summed E-state index contributed by atoms with van der Waals surface area (Å²) in [7, 11) is 3.30. The molecule has 1 aliphatic carbocycles. The first-order valence-electron chi connectivity index (χ1n) is 5.95. The third-order valence-corrected chi connectivity index (χ3v) is 3.09. The Bertz CT molecular complexity index is 447. The van der Waals surface area contributed by atoms with E-state index in [4.69, 9.17) is 4.74 Å². The van der Waals surface area contributed by atoms with Crippen LogP contribution < -0.4 is 10.1 Å². The monoisotopic (exact) mass is 252 g/mol. The van der Waals surface area contributed by atoms with E-state index in [2.05, 4.69) is 5.32 Å². The molecular weight excluding hydrogens is 235 g/mol. The lowest BCUT2D eigenvalue weighted by atomic mass is 10.3. The largest absolute Gasteiger partial charge is 0.497 e. The molecule has 0 bridgehead atoms. The molecule has 0 spiro atoms. The molecule has 0 saturated heterocycles. The van der Waals surface area contributed by atoms with E-state index in [0.29, 0.717) is 11.8 Å². The number of likely N-dealkylation sites (N-methyl/N-ethyl adjacent to an activating group) is 1. The molecule has 1 aliphatic rings. The van der Waals surface area contributed by atoms with Gasteiger partial charge in [0.2, 0.25) is 5.91 Å². The van der Waals surface area contributed by atoms with Crippen molar-refractivity contribution in [2.45, 2.75) is 18.9 Å². The third kappa shape index (κ3) is 2.91. The van der Waals surface area contributed by atoms with Gasteiger partial charge >= 0.3 is 0 Å². The third-order valence-electron chi connectivity index (χ3n) is 3.09. The Balaban J connectivity index is 1.94. The quantitative estimate of drug-likeness (QED) is 0.869. The van der Waals surface area contributed by atoms with Crippen molar-refractivity contribution >= 4 is 11.6 Å². The fourth-order valence-corrected chi connectivity index (χ4v) is 1.73. The van der Waals surface area contributed by atoms with E-state index in [1.807, 2.05) is 0 Å². The Morgan fingerprint density at radius 2 is 2.28 bits per heavy atom. The number of hydrogen-bond acceptors (Lipinski definition) is 3. The lowest BCUT2D eigenvalue weighted by Crippen LogP contribution is -2.33. The van der Waals surface area contributed by atoms with Gasteiger partial charge in [0.15, 0.2) is 0 Å². The number of carbonyl (C=O) groups is 1. The average molecular weight is 252 g/mol. The molecule has 0 atom stereocenters. The number of halogens is 1. The Morgan fingerprint density at radius 3 is 2.89 bits per heavy atom. The first-order valence-corrected chi connectivity index (χ1v) is 5.95. The SMILES string of the molecule is COc1ccc(F)c(NCC(=O)N(C)C2CC2)c1. The van der Waals surface area contributed by atoms with E-state index in [0.717, 1.165) is 12.8 Å². The predicted molar refractivity (Wildman–Crippen MR) is 67.2 cm³/mol. The number of nitrogens with zero attached hydrogens (tertiary/aromatic N) is 1. The molecule has 0 heterocycles. The van der Waals surface area contributed by atoms with Crippen molar-refractivity contribution < 1.29 is 13.9 Å². The molecule has 0 unspecified atom stereocenters. The molecule has 0 radical (unpaired) electrons. The zero-order chi connectivity index (χ0) is 13.1. The highest BCUT2D eigenvalue weighted by Gasteiger charge is 2.29. The number of methoxy groups -OCH3 is 1. The normalized spacial score (nSPS) is 14.2. The Morgan fingerprint density at radius 1 is 1.56 bits per heavy atom. The number of rotatable bonds is 5. The summed E-state index contributed by atoms with van der Waals surface area (Å²) in [6.07, 6.45) is 2.13. The zero-order valence-electron chi connectivity index (χ0n) is 10.6. The van der Waals surface area contributed by atoms with Gasteiger partial charge in [0.05, 0.1) is 19.3 Å². The van der Waals surface area contributed by atoms with Gasteiger partial charge in [0, 0.05) is 19.2 Å². The summed E-state index contributed by atoms with van der Waals surface area (Å²) < 4.78 is 18.5. The van der Waals surface area contributed by atoms with E-state index >= 15 is 0 Å². The highest BCUT2D eigenvalue weighted by Crippen LogP contribution is 2.25. The van der Waals surface area contributed by atoms with Gasteiger partial charge in [0.25, 0.3) is 0 Å². The lowest BCUT2D eigenvalue weighted by Gasteiger charge is -2.17. The summed E-state index contributed by atoms with van der Waals surface area (Å²) in [5, 5.41) is 2.80. The van der Waals surface area contributed by atoms with Crippen LogP contribution in [-0.2, 0) is 4.79 Å². The van der Waals surface area contributed by atoms with E-state index in [1.54, 1.807) is 24.1 Å². The number of hydrogen-bond donors (Lipinski definition) is 1. The van der Waals surface area contributed by atoms with Crippen LogP contribution in [0.15, 0.2) is 18.2 Å². The molecule has 98 valence electrons. The van der Waals surface area contributed by atoms with E-state index in [9.17, 15) is 9.18 Å². The van der Waals surface area contributed by atoms with Gasteiger partial charge in [-0.05, 0) is 25.0 Å². The van der Waals surface area contributed by atoms with Crippen molar-refractivity contribution in [3.8, 4) is 5.75 Å². The molecule has 18 heavy (non-hydrogen) atoms. The van der Waals surface area contributed by atoms with Crippen LogP contribution in [0.4, 0.5) is 10.1 Å². The van der Waals surface area contributed by atoms with Crippen molar-refractivity contribution in [3.63, 3.8) is 0 Å². The van der Waals surface area contributed by atoms with Crippen LogP contribution in [-0.4, -0.2) is 37.6 Å². The summed E-state index contributed by atoms with van der Waals surface area (Å²) >= 11 is 0. The van der Waals surface area contributed by atoms with Gasteiger partial charge < -0.3 is 15.0 Å². The minimum atomic E-state index is -0.391. The molecule has 1 N–H and O–H groups in total. The van der Waals surface area contributed by atoms with Crippen molar-refractivity contribution in [2.75, 3.05) is 26.0 Å². The first-order chi connectivity index (χ1) is 8.61. The molecule has 5 heteroatoms.